The highest BCUT2D eigenvalue weighted by atomic mass is 16.5. The second-order valence-electron chi connectivity index (χ2n) is 10.5. The molecule has 0 unspecified atom stereocenters. The molecular weight excluding hydrogens is 412 g/mol. The number of quaternary nitrogens is 1. The van der Waals surface area contributed by atoms with Gasteiger partial charge in [0.25, 0.3) is 0 Å². The monoisotopic (exact) mass is 451 g/mol. The van der Waals surface area contributed by atoms with Crippen molar-refractivity contribution in [3.05, 3.63) is 65.9 Å². The van der Waals surface area contributed by atoms with Crippen LogP contribution in [0.15, 0.2) is 53.1 Å². The number of hydrogen-bond donors (Lipinski definition) is 1. The molecule has 1 N–H and O–H groups in total. The predicted octanol–water partition coefficient (Wildman–Crippen LogP) is 5.19. The lowest BCUT2D eigenvalue weighted by Crippen LogP contribution is -2.63. The number of allylic oxidation sites excluding steroid dienone is 1. The highest BCUT2D eigenvalue weighted by molar-refractivity contribution is 5.30. The van der Waals surface area contributed by atoms with Crippen LogP contribution in [0.4, 0.5) is 0 Å². The summed E-state index contributed by atoms with van der Waals surface area (Å²) in [6.45, 7) is 6.98. The van der Waals surface area contributed by atoms with E-state index < -0.39 is 5.60 Å². The van der Waals surface area contributed by atoms with Gasteiger partial charge in [0.2, 0.25) is 5.89 Å². The molecule has 1 aliphatic carbocycles. The summed E-state index contributed by atoms with van der Waals surface area (Å²) in [5, 5.41) is 12.1. The van der Waals surface area contributed by atoms with Gasteiger partial charge in [0.05, 0.1) is 25.9 Å². The molecule has 4 fully saturated rings. The van der Waals surface area contributed by atoms with Gasteiger partial charge in [-0.25, -0.2) is 4.98 Å². The Balaban J connectivity index is 1.37. The van der Waals surface area contributed by atoms with Gasteiger partial charge in [-0.15, -0.1) is 0 Å². The Hall–Kier alpha value is -1.95. The van der Waals surface area contributed by atoms with E-state index in [1.54, 1.807) is 0 Å². The van der Waals surface area contributed by atoms with Crippen LogP contribution in [-0.2, 0) is 16.9 Å². The Kier molecular flexibility index (Phi) is 6.73. The molecule has 1 saturated carbocycles. The van der Waals surface area contributed by atoms with Crippen molar-refractivity contribution in [2.45, 2.75) is 70.1 Å². The van der Waals surface area contributed by atoms with Crippen molar-refractivity contribution >= 4 is 0 Å². The first-order chi connectivity index (χ1) is 16.1. The summed E-state index contributed by atoms with van der Waals surface area (Å²) >= 11 is 0. The normalized spacial score (nSPS) is 30.0. The van der Waals surface area contributed by atoms with Gasteiger partial charge in [-0.1, -0.05) is 61.7 Å². The Morgan fingerprint density at radius 2 is 1.88 bits per heavy atom. The molecule has 2 atom stereocenters. The van der Waals surface area contributed by atoms with Crippen LogP contribution in [0.1, 0.15) is 69.1 Å². The average Bonchev–Trinajstić information content (AvgIpc) is 3.34. The lowest BCUT2D eigenvalue weighted by Gasteiger charge is -2.51. The Morgan fingerprint density at radius 3 is 2.61 bits per heavy atom. The quantitative estimate of drug-likeness (QED) is 0.443. The van der Waals surface area contributed by atoms with E-state index in [2.05, 4.69) is 12.2 Å². The topological polar surface area (TPSA) is 55.5 Å². The molecule has 0 spiro atoms. The number of rotatable bonds is 8. The van der Waals surface area contributed by atoms with Crippen molar-refractivity contribution in [1.82, 2.24) is 4.98 Å². The largest absolute Gasteiger partial charge is 0.436 e. The van der Waals surface area contributed by atoms with Crippen molar-refractivity contribution < 1.29 is 18.7 Å². The SMILES string of the molecule is C/C=C/CO[C@H]1C[N+]2(Cc3cnc([C@](O)(c4ccccc4)C4CCCCC4)o3)CCC1CC2. The third-order valence-corrected chi connectivity index (χ3v) is 8.46. The van der Waals surface area contributed by atoms with E-state index in [0.29, 0.717) is 24.5 Å². The fourth-order valence-electron chi connectivity index (χ4n) is 6.54. The van der Waals surface area contributed by atoms with E-state index in [9.17, 15) is 5.11 Å². The number of hydrogen-bond acceptors (Lipinski definition) is 4. The van der Waals surface area contributed by atoms with E-state index >= 15 is 0 Å². The first-order valence-corrected chi connectivity index (χ1v) is 12.9. The van der Waals surface area contributed by atoms with Gasteiger partial charge in [0, 0.05) is 24.7 Å². The molecule has 3 saturated heterocycles. The fourth-order valence-corrected chi connectivity index (χ4v) is 6.54. The summed E-state index contributed by atoms with van der Waals surface area (Å²) in [6.07, 6.45) is 14.4. The Morgan fingerprint density at radius 1 is 1.12 bits per heavy atom. The van der Waals surface area contributed by atoms with Crippen molar-refractivity contribution in [2.24, 2.45) is 11.8 Å². The molecule has 1 aromatic heterocycles. The second kappa shape index (κ2) is 9.73. The maximum Gasteiger partial charge on any atom is 0.231 e. The third kappa shape index (κ3) is 4.55. The number of oxazole rings is 1. The summed E-state index contributed by atoms with van der Waals surface area (Å²) in [4.78, 5) is 4.70. The number of ether oxygens (including phenoxy) is 1. The van der Waals surface area contributed by atoms with Gasteiger partial charge in [0.15, 0.2) is 11.4 Å². The van der Waals surface area contributed by atoms with Gasteiger partial charge in [-0.2, -0.15) is 0 Å². The molecule has 1 aromatic carbocycles. The molecule has 2 bridgehead atoms. The molecule has 4 heterocycles. The molecule has 5 heteroatoms. The molecule has 0 radical (unpaired) electrons. The lowest BCUT2D eigenvalue weighted by atomic mass is 9.73. The molecule has 0 amide bonds. The summed E-state index contributed by atoms with van der Waals surface area (Å²) < 4.78 is 13.6. The molecule has 178 valence electrons. The van der Waals surface area contributed by atoms with Gasteiger partial charge in [-0.05, 0) is 25.3 Å². The number of aliphatic hydroxyl groups is 1. The van der Waals surface area contributed by atoms with Crippen LogP contribution >= 0.6 is 0 Å². The van der Waals surface area contributed by atoms with Crippen molar-refractivity contribution in [2.75, 3.05) is 26.2 Å². The maximum atomic E-state index is 12.1. The number of aromatic nitrogens is 1. The van der Waals surface area contributed by atoms with Crippen molar-refractivity contribution in [3.63, 3.8) is 0 Å². The van der Waals surface area contributed by atoms with E-state index in [4.69, 9.17) is 14.1 Å². The number of benzene rings is 1. The first-order valence-electron chi connectivity index (χ1n) is 12.9. The summed E-state index contributed by atoms with van der Waals surface area (Å²) in [6, 6.07) is 10.0. The van der Waals surface area contributed by atoms with E-state index in [-0.39, 0.29) is 5.92 Å². The van der Waals surface area contributed by atoms with Gasteiger partial charge in [-0.3, -0.25) is 0 Å². The zero-order valence-corrected chi connectivity index (χ0v) is 20.0. The molecular formula is C28H39N2O3+. The molecule has 2 aromatic rings. The number of fused-ring (bicyclic) bond motifs is 3. The standard InChI is InChI=1S/C28H39N2O3/c1-2-3-18-32-26-21-30(16-14-22(26)15-17-30)20-25-19-29-27(33-25)28(31,23-10-6-4-7-11-23)24-12-8-5-9-13-24/h2-4,6-7,10-11,19,22,24,26,31H,5,8-9,12-18,20-21H2,1H3/q+1/b3-2+/t22?,26-,28-,30?/m0/s1. The van der Waals surface area contributed by atoms with Crippen molar-refractivity contribution in [3.8, 4) is 0 Å². The van der Waals surface area contributed by atoms with Crippen LogP contribution in [0.25, 0.3) is 0 Å². The van der Waals surface area contributed by atoms with E-state index in [1.165, 1.54) is 32.4 Å². The minimum Gasteiger partial charge on any atom is -0.436 e. The van der Waals surface area contributed by atoms with E-state index in [0.717, 1.165) is 54.6 Å². The molecule has 5 nitrogen and oxygen atoms in total. The predicted molar refractivity (Wildman–Crippen MR) is 128 cm³/mol. The highest BCUT2D eigenvalue weighted by Gasteiger charge is 2.48. The van der Waals surface area contributed by atoms with Gasteiger partial charge < -0.3 is 18.7 Å². The van der Waals surface area contributed by atoms with Gasteiger partial charge >= 0.3 is 0 Å². The summed E-state index contributed by atoms with van der Waals surface area (Å²) in [5.41, 5.74) is -0.263. The zero-order chi connectivity index (χ0) is 22.7. The highest BCUT2D eigenvalue weighted by Crippen LogP contribution is 2.44. The second-order valence-corrected chi connectivity index (χ2v) is 10.5. The summed E-state index contributed by atoms with van der Waals surface area (Å²) in [7, 11) is 0. The first kappa shape index (κ1) is 22.8. The maximum absolute atomic E-state index is 12.1. The van der Waals surface area contributed by atoms with Crippen LogP contribution in [0, 0.1) is 11.8 Å². The van der Waals surface area contributed by atoms with Crippen LogP contribution in [0.3, 0.4) is 0 Å². The summed E-state index contributed by atoms with van der Waals surface area (Å²) in [5.74, 6) is 2.20. The molecule has 4 aliphatic rings. The van der Waals surface area contributed by atoms with Crippen LogP contribution in [0.2, 0.25) is 0 Å². The zero-order valence-electron chi connectivity index (χ0n) is 20.0. The van der Waals surface area contributed by atoms with Crippen molar-refractivity contribution in [1.29, 1.82) is 0 Å². The number of piperidine rings is 3. The Bertz CT molecular complexity index is 926. The smallest absolute Gasteiger partial charge is 0.231 e. The van der Waals surface area contributed by atoms with Gasteiger partial charge in [0.1, 0.15) is 19.2 Å². The minimum atomic E-state index is -1.16. The Labute approximate surface area is 198 Å². The van der Waals surface area contributed by atoms with Crippen LogP contribution in [-0.4, -0.2) is 46.9 Å². The van der Waals surface area contributed by atoms with E-state index in [1.807, 2.05) is 43.5 Å². The lowest BCUT2D eigenvalue weighted by molar-refractivity contribution is -0.959. The molecule has 6 rings (SSSR count). The van der Waals surface area contributed by atoms with Crippen LogP contribution in [0.5, 0.6) is 0 Å². The minimum absolute atomic E-state index is 0.141. The number of nitrogens with zero attached hydrogens (tertiary/aromatic N) is 2. The fraction of sp³-hybridized carbons (Fsp3) is 0.607. The molecule has 3 aliphatic heterocycles. The average molecular weight is 452 g/mol. The van der Waals surface area contributed by atoms with Crippen LogP contribution < -0.4 is 0 Å². The third-order valence-electron chi connectivity index (χ3n) is 8.46. The molecule has 33 heavy (non-hydrogen) atoms.